The molecule has 0 aromatic carbocycles. The Morgan fingerprint density at radius 2 is 1.90 bits per heavy atom. The molecule has 2 aliphatic heterocycles. The Labute approximate surface area is 118 Å². The quantitative estimate of drug-likeness (QED) is 0.683. The lowest BCUT2D eigenvalue weighted by molar-refractivity contribution is -0.133. The van der Waals surface area contributed by atoms with Crippen LogP contribution in [0.5, 0.6) is 0 Å². The van der Waals surface area contributed by atoms with Gasteiger partial charge in [0, 0.05) is 39.1 Å². The number of rotatable bonds is 4. The van der Waals surface area contributed by atoms with Gasteiger partial charge in [0.1, 0.15) is 5.54 Å². The normalized spacial score (nSPS) is 22.1. The Morgan fingerprint density at radius 3 is 2.45 bits per heavy atom. The van der Waals surface area contributed by atoms with Gasteiger partial charge in [-0.15, -0.1) is 0 Å². The van der Waals surface area contributed by atoms with Gasteiger partial charge in [0.25, 0.3) is 5.91 Å². The predicted octanol–water partition coefficient (Wildman–Crippen LogP) is -0.471. The van der Waals surface area contributed by atoms with Gasteiger partial charge in [-0.05, 0) is 20.3 Å². The number of carbonyl (C=O) groups is 3. The van der Waals surface area contributed by atoms with Crippen molar-refractivity contribution in [1.82, 2.24) is 20.4 Å². The summed E-state index contributed by atoms with van der Waals surface area (Å²) in [6.45, 7) is 6.77. The molecule has 112 valence electrons. The maximum Gasteiger partial charge on any atom is 0.325 e. The minimum Gasteiger partial charge on any atom is -0.340 e. The summed E-state index contributed by atoms with van der Waals surface area (Å²) in [5.74, 6) is -0.130. The van der Waals surface area contributed by atoms with E-state index >= 15 is 0 Å². The van der Waals surface area contributed by atoms with Crippen LogP contribution in [0.25, 0.3) is 0 Å². The smallest absolute Gasteiger partial charge is 0.325 e. The van der Waals surface area contributed by atoms with Gasteiger partial charge >= 0.3 is 6.03 Å². The summed E-state index contributed by atoms with van der Waals surface area (Å²) in [4.78, 5) is 38.6. The van der Waals surface area contributed by atoms with Crippen molar-refractivity contribution in [3.8, 4) is 0 Å². The fourth-order valence-corrected chi connectivity index (χ4v) is 2.48. The third-order valence-electron chi connectivity index (χ3n) is 3.69. The Kier molecular flexibility index (Phi) is 4.27. The van der Waals surface area contributed by atoms with Crippen molar-refractivity contribution < 1.29 is 14.4 Å². The van der Waals surface area contributed by atoms with Gasteiger partial charge in [0.15, 0.2) is 0 Å². The number of nitrogens with one attached hydrogen (secondary N) is 2. The summed E-state index contributed by atoms with van der Waals surface area (Å²) in [5, 5.41) is 5.82. The van der Waals surface area contributed by atoms with Crippen LogP contribution in [0, 0.1) is 0 Å². The molecule has 2 saturated heterocycles. The Morgan fingerprint density at radius 1 is 1.25 bits per heavy atom. The van der Waals surface area contributed by atoms with Gasteiger partial charge in [0.2, 0.25) is 5.91 Å². The lowest BCUT2D eigenvalue weighted by Gasteiger charge is -2.27. The minimum absolute atomic E-state index is 0.0952. The van der Waals surface area contributed by atoms with E-state index in [4.69, 9.17) is 0 Å². The van der Waals surface area contributed by atoms with Gasteiger partial charge in [0.05, 0.1) is 0 Å². The highest BCUT2D eigenvalue weighted by Crippen LogP contribution is 2.17. The van der Waals surface area contributed by atoms with Crippen LogP contribution in [0.3, 0.4) is 0 Å². The number of hydrogen-bond donors (Lipinski definition) is 2. The SMILES string of the molecule is CC1(C)NC(=O)N(CCCC(=O)N2CCNCC2)C1=O. The number of urea groups is 1. The average Bonchev–Trinajstić information content (AvgIpc) is 2.61. The van der Waals surface area contributed by atoms with E-state index in [2.05, 4.69) is 10.6 Å². The van der Waals surface area contributed by atoms with E-state index < -0.39 is 5.54 Å². The van der Waals surface area contributed by atoms with Crippen LogP contribution < -0.4 is 10.6 Å². The van der Waals surface area contributed by atoms with E-state index in [1.54, 1.807) is 13.8 Å². The van der Waals surface area contributed by atoms with E-state index in [1.165, 1.54) is 4.90 Å². The van der Waals surface area contributed by atoms with Gasteiger partial charge in [-0.2, -0.15) is 0 Å². The fraction of sp³-hybridized carbons (Fsp3) is 0.769. The molecular weight excluding hydrogens is 260 g/mol. The molecule has 2 N–H and O–H groups in total. The highest BCUT2D eigenvalue weighted by atomic mass is 16.2. The number of imide groups is 1. The number of amides is 4. The molecule has 7 heteroatoms. The molecule has 0 bridgehead atoms. The van der Waals surface area contributed by atoms with Crippen LogP contribution in [0.15, 0.2) is 0 Å². The highest BCUT2D eigenvalue weighted by molar-refractivity contribution is 6.06. The summed E-state index contributed by atoms with van der Waals surface area (Å²) in [6, 6.07) is -0.366. The summed E-state index contributed by atoms with van der Waals surface area (Å²) >= 11 is 0. The van der Waals surface area contributed by atoms with Crippen molar-refractivity contribution in [3.63, 3.8) is 0 Å². The van der Waals surface area contributed by atoms with Gasteiger partial charge in [-0.25, -0.2) is 4.79 Å². The number of hydrogen-bond acceptors (Lipinski definition) is 4. The zero-order chi connectivity index (χ0) is 14.8. The van der Waals surface area contributed by atoms with Gasteiger partial charge < -0.3 is 15.5 Å². The maximum atomic E-state index is 12.0. The molecule has 0 aromatic heterocycles. The summed E-state index contributed by atoms with van der Waals surface area (Å²) in [6.07, 6.45) is 0.884. The Balaban J connectivity index is 1.77. The van der Waals surface area contributed by atoms with E-state index in [9.17, 15) is 14.4 Å². The fourth-order valence-electron chi connectivity index (χ4n) is 2.48. The molecule has 2 rings (SSSR count). The first-order valence-corrected chi connectivity index (χ1v) is 7.04. The average molecular weight is 282 g/mol. The first-order chi connectivity index (χ1) is 9.42. The highest BCUT2D eigenvalue weighted by Gasteiger charge is 2.43. The van der Waals surface area contributed by atoms with Crippen LogP contribution in [0.4, 0.5) is 4.79 Å². The van der Waals surface area contributed by atoms with Gasteiger partial charge in [-0.3, -0.25) is 14.5 Å². The molecule has 4 amide bonds. The molecule has 0 atom stereocenters. The number of nitrogens with zero attached hydrogens (tertiary/aromatic N) is 2. The molecule has 2 aliphatic rings. The molecule has 0 spiro atoms. The zero-order valence-corrected chi connectivity index (χ0v) is 12.1. The van der Waals surface area contributed by atoms with Crippen molar-refractivity contribution in [2.45, 2.75) is 32.2 Å². The number of carbonyl (C=O) groups excluding carboxylic acids is 3. The van der Waals surface area contributed by atoms with Crippen molar-refractivity contribution in [3.05, 3.63) is 0 Å². The predicted molar refractivity (Wildman–Crippen MR) is 73.0 cm³/mol. The van der Waals surface area contributed by atoms with Crippen LogP contribution in [-0.2, 0) is 9.59 Å². The van der Waals surface area contributed by atoms with Crippen LogP contribution in [0.2, 0.25) is 0 Å². The van der Waals surface area contributed by atoms with Crippen LogP contribution >= 0.6 is 0 Å². The van der Waals surface area contributed by atoms with E-state index in [-0.39, 0.29) is 17.8 Å². The monoisotopic (exact) mass is 282 g/mol. The Bertz CT molecular complexity index is 416. The molecule has 0 radical (unpaired) electrons. The topological polar surface area (TPSA) is 81.8 Å². The number of piperazine rings is 1. The molecule has 7 nitrogen and oxygen atoms in total. The lowest BCUT2D eigenvalue weighted by atomic mass is 10.1. The van der Waals surface area contributed by atoms with E-state index in [1.807, 2.05) is 4.90 Å². The van der Waals surface area contributed by atoms with Gasteiger partial charge in [-0.1, -0.05) is 0 Å². The molecular formula is C13H22N4O3. The molecule has 0 aliphatic carbocycles. The third kappa shape index (κ3) is 3.09. The van der Waals surface area contributed by atoms with Crippen molar-refractivity contribution in [2.24, 2.45) is 0 Å². The summed E-state index contributed by atoms with van der Waals surface area (Å²) in [7, 11) is 0. The van der Waals surface area contributed by atoms with Crippen molar-refractivity contribution in [1.29, 1.82) is 0 Å². The molecule has 0 saturated carbocycles. The zero-order valence-electron chi connectivity index (χ0n) is 12.1. The van der Waals surface area contributed by atoms with Crippen molar-refractivity contribution in [2.75, 3.05) is 32.7 Å². The second-order valence-electron chi connectivity index (χ2n) is 5.75. The Hall–Kier alpha value is -1.63. The van der Waals surface area contributed by atoms with Crippen LogP contribution in [-0.4, -0.2) is 65.9 Å². The molecule has 20 heavy (non-hydrogen) atoms. The molecule has 0 aromatic rings. The first kappa shape index (κ1) is 14.8. The van der Waals surface area contributed by atoms with E-state index in [0.717, 1.165) is 26.2 Å². The second kappa shape index (κ2) is 5.78. The maximum absolute atomic E-state index is 12.0. The second-order valence-corrected chi connectivity index (χ2v) is 5.75. The summed E-state index contributed by atoms with van der Waals surface area (Å²) in [5.41, 5.74) is -0.834. The standard InChI is InChI=1S/C13H22N4O3/c1-13(2)11(19)17(12(20)15-13)7-3-4-10(18)16-8-5-14-6-9-16/h14H,3-9H2,1-2H3,(H,15,20). The minimum atomic E-state index is -0.834. The first-order valence-electron chi connectivity index (χ1n) is 7.04. The van der Waals surface area contributed by atoms with Crippen LogP contribution in [0.1, 0.15) is 26.7 Å². The summed E-state index contributed by atoms with van der Waals surface area (Å²) < 4.78 is 0. The molecule has 0 unspecified atom stereocenters. The third-order valence-corrected chi connectivity index (χ3v) is 3.69. The van der Waals surface area contributed by atoms with E-state index in [0.29, 0.717) is 19.4 Å². The van der Waals surface area contributed by atoms with Crippen molar-refractivity contribution >= 4 is 17.8 Å². The largest absolute Gasteiger partial charge is 0.340 e. The molecule has 2 heterocycles. The lowest BCUT2D eigenvalue weighted by Crippen LogP contribution is -2.46. The molecule has 2 fully saturated rings.